The van der Waals surface area contributed by atoms with Crippen molar-refractivity contribution < 1.29 is 32.2 Å². The lowest BCUT2D eigenvalue weighted by molar-refractivity contribution is -0.134. The predicted octanol–water partition coefficient (Wildman–Crippen LogP) is 2.51. The lowest BCUT2D eigenvalue weighted by Crippen LogP contribution is -2.24. The Kier molecular flexibility index (Phi) is 8.40. The molecule has 0 aliphatic rings. The van der Waals surface area contributed by atoms with Gasteiger partial charge in [-0.15, -0.1) is 0 Å². The fourth-order valence-electron chi connectivity index (χ4n) is 2.75. The SMILES string of the molecule is COCc1ccccc1CNS(=O)(=O)c1cc(/C=C/C(=O)OC)cc(OC)c1OC. The minimum absolute atomic E-state index is 0.0606. The molecule has 0 saturated carbocycles. The smallest absolute Gasteiger partial charge is 0.330 e. The van der Waals surface area contributed by atoms with Gasteiger partial charge in [-0.25, -0.2) is 17.9 Å². The summed E-state index contributed by atoms with van der Waals surface area (Å²) in [5.74, 6) is -0.294. The first-order chi connectivity index (χ1) is 14.4. The van der Waals surface area contributed by atoms with E-state index in [1.54, 1.807) is 13.2 Å². The van der Waals surface area contributed by atoms with Gasteiger partial charge in [-0.05, 0) is 34.9 Å². The second kappa shape index (κ2) is 10.8. The molecule has 0 fully saturated rings. The molecule has 30 heavy (non-hydrogen) atoms. The molecule has 0 aliphatic heterocycles. The van der Waals surface area contributed by atoms with Crippen molar-refractivity contribution in [1.82, 2.24) is 4.72 Å². The highest BCUT2D eigenvalue weighted by molar-refractivity contribution is 7.89. The van der Waals surface area contributed by atoms with Crippen LogP contribution in [-0.4, -0.2) is 42.8 Å². The highest BCUT2D eigenvalue weighted by Gasteiger charge is 2.24. The number of benzene rings is 2. The first-order valence-electron chi connectivity index (χ1n) is 8.93. The van der Waals surface area contributed by atoms with Crippen molar-refractivity contribution in [2.24, 2.45) is 0 Å². The summed E-state index contributed by atoms with van der Waals surface area (Å²) in [6, 6.07) is 10.3. The summed E-state index contributed by atoms with van der Waals surface area (Å²) in [5, 5.41) is 0. The summed E-state index contributed by atoms with van der Waals surface area (Å²) in [7, 11) is 1.60. The first kappa shape index (κ1) is 23.4. The van der Waals surface area contributed by atoms with Crippen LogP contribution in [0, 0.1) is 0 Å². The van der Waals surface area contributed by atoms with Gasteiger partial charge < -0.3 is 18.9 Å². The standard InChI is InChI=1S/C21H25NO7S/c1-26-14-17-8-6-5-7-16(17)13-22-30(24,25)19-12-15(9-10-20(23)28-3)11-18(27-2)21(19)29-4/h5-12,22H,13-14H2,1-4H3/b10-9+. The Labute approximate surface area is 176 Å². The van der Waals surface area contributed by atoms with Crippen LogP contribution < -0.4 is 14.2 Å². The zero-order chi connectivity index (χ0) is 22.1. The zero-order valence-electron chi connectivity index (χ0n) is 17.3. The van der Waals surface area contributed by atoms with E-state index in [0.29, 0.717) is 12.2 Å². The molecule has 162 valence electrons. The Morgan fingerprint density at radius 2 is 1.73 bits per heavy atom. The van der Waals surface area contributed by atoms with Crippen molar-refractivity contribution in [3.63, 3.8) is 0 Å². The molecule has 0 aromatic heterocycles. The van der Waals surface area contributed by atoms with Crippen LogP contribution in [0.5, 0.6) is 11.5 Å². The number of nitrogens with one attached hydrogen (secondary N) is 1. The number of hydrogen-bond donors (Lipinski definition) is 1. The van der Waals surface area contributed by atoms with Crippen LogP contribution in [-0.2, 0) is 37.4 Å². The van der Waals surface area contributed by atoms with E-state index in [0.717, 1.165) is 11.1 Å². The third-order valence-corrected chi connectivity index (χ3v) is 5.65. The van der Waals surface area contributed by atoms with Crippen molar-refractivity contribution in [3.05, 3.63) is 59.2 Å². The maximum atomic E-state index is 13.1. The minimum Gasteiger partial charge on any atom is -0.493 e. The molecule has 0 radical (unpaired) electrons. The first-order valence-corrected chi connectivity index (χ1v) is 10.4. The molecule has 8 nitrogen and oxygen atoms in total. The lowest BCUT2D eigenvalue weighted by Gasteiger charge is -2.16. The van der Waals surface area contributed by atoms with Crippen molar-refractivity contribution in [2.45, 2.75) is 18.0 Å². The second-order valence-corrected chi connectivity index (χ2v) is 7.87. The molecular weight excluding hydrogens is 410 g/mol. The van der Waals surface area contributed by atoms with E-state index in [4.69, 9.17) is 14.2 Å². The van der Waals surface area contributed by atoms with Gasteiger partial charge in [0.15, 0.2) is 11.5 Å². The Morgan fingerprint density at radius 1 is 1.03 bits per heavy atom. The highest BCUT2D eigenvalue weighted by Crippen LogP contribution is 2.36. The molecule has 9 heteroatoms. The molecule has 0 bridgehead atoms. The van der Waals surface area contributed by atoms with Gasteiger partial charge in [0, 0.05) is 19.7 Å². The van der Waals surface area contributed by atoms with E-state index in [9.17, 15) is 13.2 Å². The maximum Gasteiger partial charge on any atom is 0.330 e. The van der Waals surface area contributed by atoms with E-state index in [1.807, 2.05) is 24.3 Å². The Balaban J connectivity index is 2.41. The van der Waals surface area contributed by atoms with Gasteiger partial charge in [0.25, 0.3) is 0 Å². The molecule has 2 aromatic rings. The quantitative estimate of drug-likeness (QED) is 0.452. The van der Waals surface area contributed by atoms with Gasteiger partial charge in [-0.1, -0.05) is 24.3 Å². The molecule has 1 N–H and O–H groups in total. The lowest BCUT2D eigenvalue weighted by atomic mass is 10.1. The summed E-state index contributed by atoms with van der Waals surface area (Å²) in [5.41, 5.74) is 2.09. The Hall–Kier alpha value is -2.88. The monoisotopic (exact) mass is 435 g/mol. The maximum absolute atomic E-state index is 13.1. The van der Waals surface area contributed by atoms with Gasteiger partial charge in [0.05, 0.1) is 27.9 Å². The molecule has 0 atom stereocenters. The fraction of sp³-hybridized carbons (Fsp3) is 0.286. The van der Waals surface area contributed by atoms with Crippen LogP contribution in [0.15, 0.2) is 47.4 Å². The molecule has 0 aliphatic carbocycles. The fourth-order valence-corrected chi connectivity index (χ4v) is 3.97. The van der Waals surface area contributed by atoms with Crippen LogP contribution in [0.4, 0.5) is 0 Å². The van der Waals surface area contributed by atoms with E-state index >= 15 is 0 Å². The number of sulfonamides is 1. The summed E-state index contributed by atoms with van der Waals surface area (Å²) in [6.45, 7) is 0.429. The summed E-state index contributed by atoms with van der Waals surface area (Å²) in [6.07, 6.45) is 2.62. The van der Waals surface area contributed by atoms with Crippen LogP contribution in [0.3, 0.4) is 0 Å². The summed E-state index contributed by atoms with van der Waals surface area (Å²) in [4.78, 5) is 11.3. The van der Waals surface area contributed by atoms with Gasteiger partial charge in [0.2, 0.25) is 10.0 Å². The number of methoxy groups -OCH3 is 4. The van der Waals surface area contributed by atoms with E-state index in [1.165, 1.54) is 39.5 Å². The number of hydrogen-bond acceptors (Lipinski definition) is 7. The minimum atomic E-state index is -3.98. The van der Waals surface area contributed by atoms with Crippen molar-refractivity contribution >= 4 is 22.1 Å². The normalized spacial score (nSPS) is 11.5. The summed E-state index contributed by atoms with van der Waals surface area (Å²) < 4.78 is 49.0. The molecular formula is C21H25NO7S. The van der Waals surface area contributed by atoms with E-state index in [2.05, 4.69) is 9.46 Å². The topological polar surface area (TPSA) is 100 Å². The van der Waals surface area contributed by atoms with Gasteiger partial charge in [-0.3, -0.25) is 0 Å². The largest absolute Gasteiger partial charge is 0.493 e. The number of rotatable bonds is 10. The predicted molar refractivity (Wildman–Crippen MR) is 112 cm³/mol. The number of ether oxygens (including phenoxy) is 4. The molecule has 0 amide bonds. The van der Waals surface area contributed by atoms with Crippen LogP contribution >= 0.6 is 0 Å². The molecule has 2 aromatic carbocycles. The highest BCUT2D eigenvalue weighted by atomic mass is 32.2. The number of esters is 1. The van der Waals surface area contributed by atoms with Crippen LogP contribution in [0.25, 0.3) is 6.08 Å². The van der Waals surface area contributed by atoms with Crippen molar-refractivity contribution in [2.75, 3.05) is 28.4 Å². The number of carbonyl (C=O) groups excluding carboxylic acids is 1. The van der Waals surface area contributed by atoms with Gasteiger partial charge in [0.1, 0.15) is 4.90 Å². The average molecular weight is 435 g/mol. The van der Waals surface area contributed by atoms with E-state index < -0.39 is 16.0 Å². The second-order valence-electron chi connectivity index (χ2n) is 6.14. The average Bonchev–Trinajstić information content (AvgIpc) is 2.76. The van der Waals surface area contributed by atoms with Gasteiger partial charge in [-0.2, -0.15) is 0 Å². The van der Waals surface area contributed by atoms with Crippen molar-refractivity contribution in [1.29, 1.82) is 0 Å². The van der Waals surface area contributed by atoms with Crippen molar-refractivity contribution in [3.8, 4) is 11.5 Å². The molecule has 0 unspecified atom stereocenters. The molecule has 0 spiro atoms. The molecule has 0 saturated heterocycles. The Bertz CT molecular complexity index is 1020. The van der Waals surface area contributed by atoms with Crippen LogP contribution in [0.2, 0.25) is 0 Å². The Morgan fingerprint density at radius 3 is 2.33 bits per heavy atom. The zero-order valence-corrected chi connectivity index (χ0v) is 18.1. The third kappa shape index (κ3) is 5.82. The van der Waals surface area contributed by atoms with Crippen LogP contribution in [0.1, 0.15) is 16.7 Å². The molecule has 0 heterocycles. The molecule has 2 rings (SSSR count). The van der Waals surface area contributed by atoms with Gasteiger partial charge >= 0.3 is 5.97 Å². The third-order valence-electron chi connectivity index (χ3n) is 4.24. The van der Waals surface area contributed by atoms with E-state index in [-0.39, 0.29) is 22.9 Å². The number of carbonyl (C=O) groups is 1. The summed E-state index contributed by atoms with van der Waals surface area (Å²) >= 11 is 0.